The Morgan fingerprint density at radius 2 is 1.78 bits per heavy atom. The van der Waals surface area contributed by atoms with E-state index in [0.29, 0.717) is 29.3 Å². The maximum atomic E-state index is 12.5. The molecule has 5 nitrogen and oxygen atoms in total. The van der Waals surface area contributed by atoms with Gasteiger partial charge in [-0.3, -0.25) is 4.79 Å². The summed E-state index contributed by atoms with van der Waals surface area (Å²) in [5.74, 6) is 1.25. The van der Waals surface area contributed by atoms with Crippen molar-refractivity contribution in [1.82, 2.24) is 4.90 Å². The third-order valence-corrected chi connectivity index (χ3v) is 3.73. The summed E-state index contributed by atoms with van der Waals surface area (Å²) in [6, 6.07) is 10.8. The fourth-order valence-electron chi connectivity index (χ4n) is 2.41. The summed E-state index contributed by atoms with van der Waals surface area (Å²) in [5.41, 5.74) is 8.93. The molecule has 1 amide bonds. The van der Waals surface area contributed by atoms with Crippen LogP contribution in [0.1, 0.15) is 21.5 Å². The summed E-state index contributed by atoms with van der Waals surface area (Å²) in [5, 5.41) is 0. The van der Waals surface area contributed by atoms with E-state index in [1.165, 1.54) is 0 Å². The second kappa shape index (κ2) is 7.05. The van der Waals surface area contributed by atoms with Crippen LogP contribution in [-0.4, -0.2) is 32.1 Å². The molecule has 0 saturated heterocycles. The Kier molecular flexibility index (Phi) is 5.11. The molecule has 122 valence electrons. The highest BCUT2D eigenvalue weighted by Gasteiger charge is 2.15. The van der Waals surface area contributed by atoms with Gasteiger partial charge in [0.05, 0.1) is 14.2 Å². The van der Waals surface area contributed by atoms with Crippen molar-refractivity contribution in [3.8, 4) is 11.5 Å². The van der Waals surface area contributed by atoms with E-state index in [0.717, 1.165) is 11.1 Å². The van der Waals surface area contributed by atoms with Crippen LogP contribution in [0.25, 0.3) is 0 Å². The van der Waals surface area contributed by atoms with E-state index < -0.39 is 0 Å². The molecule has 2 aromatic rings. The summed E-state index contributed by atoms with van der Waals surface area (Å²) in [4.78, 5) is 14.2. The zero-order chi connectivity index (χ0) is 17.0. The summed E-state index contributed by atoms with van der Waals surface area (Å²) in [7, 11) is 4.96. The SMILES string of the molecule is COc1cc(C)c(CN(C)C(=O)c2cccc(N)c2)cc1OC. The maximum Gasteiger partial charge on any atom is 0.253 e. The van der Waals surface area contributed by atoms with E-state index in [4.69, 9.17) is 15.2 Å². The molecule has 2 aromatic carbocycles. The molecule has 23 heavy (non-hydrogen) atoms. The molecule has 2 N–H and O–H groups in total. The number of nitrogens with two attached hydrogens (primary N) is 1. The zero-order valence-corrected chi connectivity index (χ0v) is 13.9. The molecule has 0 unspecified atom stereocenters. The van der Waals surface area contributed by atoms with Crippen LogP contribution in [0, 0.1) is 6.92 Å². The van der Waals surface area contributed by atoms with Crippen LogP contribution in [-0.2, 0) is 6.54 Å². The zero-order valence-electron chi connectivity index (χ0n) is 13.9. The first-order valence-electron chi connectivity index (χ1n) is 7.28. The van der Waals surface area contributed by atoms with Crippen molar-refractivity contribution in [3.05, 3.63) is 53.1 Å². The first-order chi connectivity index (χ1) is 11.0. The van der Waals surface area contributed by atoms with Gasteiger partial charge in [0.1, 0.15) is 0 Å². The number of carbonyl (C=O) groups is 1. The lowest BCUT2D eigenvalue weighted by molar-refractivity contribution is 0.0785. The predicted octanol–water partition coefficient (Wildman–Crippen LogP) is 2.87. The lowest BCUT2D eigenvalue weighted by atomic mass is 10.1. The quantitative estimate of drug-likeness (QED) is 0.862. The van der Waals surface area contributed by atoms with Gasteiger partial charge < -0.3 is 20.1 Å². The highest BCUT2D eigenvalue weighted by Crippen LogP contribution is 2.30. The van der Waals surface area contributed by atoms with E-state index in [1.54, 1.807) is 50.4 Å². The van der Waals surface area contributed by atoms with E-state index in [-0.39, 0.29) is 5.91 Å². The smallest absolute Gasteiger partial charge is 0.253 e. The summed E-state index contributed by atoms with van der Waals surface area (Å²) in [6.07, 6.45) is 0. The molecular weight excluding hydrogens is 292 g/mol. The van der Waals surface area contributed by atoms with Gasteiger partial charge in [0, 0.05) is 24.8 Å². The van der Waals surface area contributed by atoms with Crippen LogP contribution in [0.15, 0.2) is 36.4 Å². The number of benzene rings is 2. The third-order valence-electron chi connectivity index (χ3n) is 3.73. The second-order valence-electron chi connectivity index (χ2n) is 5.42. The molecule has 0 aliphatic carbocycles. The molecule has 5 heteroatoms. The number of hydrogen-bond acceptors (Lipinski definition) is 4. The van der Waals surface area contributed by atoms with Crippen molar-refractivity contribution in [3.63, 3.8) is 0 Å². The standard InChI is InChI=1S/C18H22N2O3/c1-12-8-16(22-3)17(23-4)10-14(12)11-20(2)18(21)13-6-5-7-15(19)9-13/h5-10H,11,19H2,1-4H3. The third kappa shape index (κ3) is 3.74. The molecule has 2 rings (SSSR count). The average Bonchev–Trinajstić information content (AvgIpc) is 2.55. The molecule has 0 atom stereocenters. The minimum atomic E-state index is -0.0773. The molecule has 0 bridgehead atoms. The number of anilines is 1. The van der Waals surface area contributed by atoms with Crippen LogP contribution in [0.4, 0.5) is 5.69 Å². The minimum Gasteiger partial charge on any atom is -0.493 e. The fraction of sp³-hybridized carbons (Fsp3) is 0.278. The number of methoxy groups -OCH3 is 2. The predicted molar refractivity (Wildman–Crippen MR) is 90.9 cm³/mol. The molecule has 0 aliphatic heterocycles. The molecule has 0 saturated carbocycles. The van der Waals surface area contributed by atoms with Gasteiger partial charge in [-0.2, -0.15) is 0 Å². The van der Waals surface area contributed by atoms with Crippen molar-refractivity contribution in [1.29, 1.82) is 0 Å². The number of carbonyl (C=O) groups excluding carboxylic acids is 1. The molecular formula is C18H22N2O3. The fourth-order valence-corrected chi connectivity index (χ4v) is 2.41. The summed E-state index contributed by atoms with van der Waals surface area (Å²) in [6.45, 7) is 2.45. The van der Waals surface area contributed by atoms with Crippen molar-refractivity contribution >= 4 is 11.6 Å². The number of ether oxygens (including phenoxy) is 2. The molecule has 0 aliphatic rings. The Hall–Kier alpha value is -2.69. The van der Waals surface area contributed by atoms with Crippen LogP contribution < -0.4 is 15.2 Å². The molecule has 0 aromatic heterocycles. The Morgan fingerprint density at radius 1 is 1.13 bits per heavy atom. The average molecular weight is 314 g/mol. The van der Waals surface area contributed by atoms with Gasteiger partial charge in [-0.25, -0.2) is 0 Å². The Morgan fingerprint density at radius 3 is 2.39 bits per heavy atom. The Balaban J connectivity index is 2.23. The van der Waals surface area contributed by atoms with Crippen molar-refractivity contribution < 1.29 is 14.3 Å². The van der Waals surface area contributed by atoms with E-state index in [1.807, 2.05) is 19.1 Å². The van der Waals surface area contributed by atoms with Crippen LogP contribution in [0.5, 0.6) is 11.5 Å². The Labute approximate surface area is 136 Å². The molecule has 0 fully saturated rings. The van der Waals surface area contributed by atoms with Crippen molar-refractivity contribution in [2.45, 2.75) is 13.5 Å². The molecule has 0 radical (unpaired) electrons. The van der Waals surface area contributed by atoms with Crippen molar-refractivity contribution in [2.24, 2.45) is 0 Å². The monoisotopic (exact) mass is 314 g/mol. The van der Waals surface area contributed by atoms with Gasteiger partial charge in [0.15, 0.2) is 11.5 Å². The Bertz CT molecular complexity index is 713. The van der Waals surface area contributed by atoms with Gasteiger partial charge >= 0.3 is 0 Å². The van der Waals surface area contributed by atoms with Gasteiger partial charge in [-0.1, -0.05) is 6.07 Å². The van der Waals surface area contributed by atoms with E-state index in [9.17, 15) is 4.79 Å². The number of nitrogens with zero attached hydrogens (tertiary/aromatic N) is 1. The first-order valence-corrected chi connectivity index (χ1v) is 7.28. The lowest BCUT2D eigenvalue weighted by Crippen LogP contribution is -2.26. The van der Waals surface area contributed by atoms with E-state index >= 15 is 0 Å². The number of hydrogen-bond donors (Lipinski definition) is 1. The van der Waals surface area contributed by atoms with Crippen LogP contribution in [0.3, 0.4) is 0 Å². The maximum absolute atomic E-state index is 12.5. The van der Waals surface area contributed by atoms with Gasteiger partial charge in [-0.15, -0.1) is 0 Å². The van der Waals surface area contributed by atoms with Crippen LogP contribution in [0.2, 0.25) is 0 Å². The topological polar surface area (TPSA) is 64.8 Å². The number of amides is 1. The van der Waals surface area contributed by atoms with Crippen molar-refractivity contribution in [2.75, 3.05) is 27.0 Å². The summed E-state index contributed by atoms with van der Waals surface area (Å²) >= 11 is 0. The minimum absolute atomic E-state index is 0.0773. The highest BCUT2D eigenvalue weighted by molar-refractivity contribution is 5.94. The van der Waals surface area contributed by atoms with Gasteiger partial charge in [-0.05, 0) is 48.4 Å². The van der Waals surface area contributed by atoms with Gasteiger partial charge in [0.2, 0.25) is 0 Å². The molecule has 0 spiro atoms. The highest BCUT2D eigenvalue weighted by atomic mass is 16.5. The van der Waals surface area contributed by atoms with Gasteiger partial charge in [0.25, 0.3) is 5.91 Å². The van der Waals surface area contributed by atoms with Crippen LogP contribution >= 0.6 is 0 Å². The number of nitrogen functional groups attached to an aromatic ring is 1. The second-order valence-corrected chi connectivity index (χ2v) is 5.42. The largest absolute Gasteiger partial charge is 0.493 e. The number of rotatable bonds is 5. The summed E-state index contributed by atoms with van der Waals surface area (Å²) < 4.78 is 10.6. The molecule has 0 heterocycles. The lowest BCUT2D eigenvalue weighted by Gasteiger charge is -2.20. The first kappa shape index (κ1) is 16.7. The normalized spacial score (nSPS) is 10.3. The number of aryl methyl sites for hydroxylation is 1. The van der Waals surface area contributed by atoms with E-state index in [2.05, 4.69) is 0 Å².